The molecule has 1 unspecified atom stereocenters. The zero-order valence-corrected chi connectivity index (χ0v) is 20.4. The molecule has 2 aromatic carbocycles. The molecule has 1 aliphatic heterocycles. The molecule has 0 radical (unpaired) electrons. The number of hydrogen-bond acceptors (Lipinski definition) is 8. The number of fused-ring (bicyclic) bond motifs is 2. The summed E-state index contributed by atoms with van der Waals surface area (Å²) in [7, 11) is 3.60. The zero-order valence-electron chi connectivity index (χ0n) is 20.4. The van der Waals surface area contributed by atoms with E-state index >= 15 is 0 Å². The predicted octanol–water partition coefficient (Wildman–Crippen LogP) is 4.12. The molecule has 36 heavy (non-hydrogen) atoms. The molecule has 10 heteroatoms. The van der Waals surface area contributed by atoms with Crippen LogP contribution in [0.25, 0.3) is 5.65 Å². The molecule has 0 spiro atoms. The number of nitrogens with one attached hydrogen (secondary N) is 1. The second-order valence-corrected chi connectivity index (χ2v) is 8.73. The molecule has 2 N–H and O–H groups in total. The molecular weight excluding hydrogens is 465 g/mol. The lowest BCUT2D eigenvalue weighted by Crippen LogP contribution is -2.20. The van der Waals surface area contributed by atoms with Crippen LogP contribution in [0.2, 0.25) is 0 Å². The van der Waals surface area contributed by atoms with Gasteiger partial charge in [0, 0.05) is 49.9 Å². The molecule has 0 aliphatic carbocycles. The minimum atomic E-state index is -0.446. The number of rotatable bonds is 8. The van der Waals surface area contributed by atoms with Crippen LogP contribution in [0.3, 0.4) is 0 Å². The summed E-state index contributed by atoms with van der Waals surface area (Å²) in [4.78, 5) is 6.81. The van der Waals surface area contributed by atoms with Crippen molar-refractivity contribution in [3.63, 3.8) is 0 Å². The summed E-state index contributed by atoms with van der Waals surface area (Å²) in [5.41, 5.74) is 2.90. The number of hydrogen-bond donors (Lipinski definition) is 2. The maximum Gasteiger partial charge on any atom is 0.185 e. The predicted molar refractivity (Wildman–Crippen MR) is 134 cm³/mol. The van der Waals surface area contributed by atoms with E-state index in [0.29, 0.717) is 48.4 Å². The van der Waals surface area contributed by atoms with Crippen LogP contribution in [-0.2, 0) is 6.54 Å². The Balaban J connectivity index is 1.56. The summed E-state index contributed by atoms with van der Waals surface area (Å²) in [6.07, 6.45) is 1.72. The summed E-state index contributed by atoms with van der Waals surface area (Å²) in [5.74, 6) is 2.21. The first-order chi connectivity index (χ1) is 17.5. The summed E-state index contributed by atoms with van der Waals surface area (Å²) in [6.45, 7) is 3.20. The van der Waals surface area contributed by atoms with Crippen LogP contribution in [0.15, 0.2) is 48.7 Å². The van der Waals surface area contributed by atoms with Crippen molar-refractivity contribution in [2.45, 2.75) is 19.4 Å². The molecule has 4 aromatic rings. The van der Waals surface area contributed by atoms with Crippen molar-refractivity contribution in [3.8, 4) is 17.2 Å². The standard InChI is InChI=1S/C26H28FN5O4/c1-16(15-33)20-13-28-32-24(31(2)14-17-4-6-19(34-3)7-5-17)12-23(30-26(20)32)29-21-10-18(27)11-22-25(21)36-9-8-35-22/h4-7,10-13,16,33H,8-9,14-15H2,1-3H3,(H,29,30). The molecule has 0 amide bonds. The highest BCUT2D eigenvalue weighted by Gasteiger charge is 2.21. The van der Waals surface area contributed by atoms with Crippen LogP contribution >= 0.6 is 0 Å². The van der Waals surface area contributed by atoms with Crippen LogP contribution in [0.4, 0.5) is 21.7 Å². The zero-order chi connectivity index (χ0) is 25.2. The lowest BCUT2D eigenvalue weighted by molar-refractivity contribution is 0.172. The van der Waals surface area contributed by atoms with Crippen LogP contribution in [0.5, 0.6) is 17.2 Å². The van der Waals surface area contributed by atoms with E-state index in [1.807, 2.05) is 49.2 Å². The average Bonchev–Trinajstić information content (AvgIpc) is 3.32. The lowest BCUT2D eigenvalue weighted by Gasteiger charge is -2.23. The third-order valence-electron chi connectivity index (χ3n) is 6.12. The van der Waals surface area contributed by atoms with Gasteiger partial charge in [0.25, 0.3) is 0 Å². The molecular formula is C26H28FN5O4. The summed E-state index contributed by atoms with van der Waals surface area (Å²) in [5, 5.41) is 17.5. The Morgan fingerprint density at radius 2 is 1.97 bits per heavy atom. The fourth-order valence-electron chi connectivity index (χ4n) is 4.18. The molecule has 188 valence electrons. The number of aromatic nitrogens is 3. The van der Waals surface area contributed by atoms with Crippen LogP contribution in [-0.4, -0.2) is 53.7 Å². The van der Waals surface area contributed by atoms with E-state index in [2.05, 4.69) is 10.4 Å². The first kappa shape index (κ1) is 23.7. The fraction of sp³-hybridized carbons (Fsp3) is 0.308. The molecule has 2 aromatic heterocycles. The highest BCUT2D eigenvalue weighted by atomic mass is 19.1. The van der Waals surface area contributed by atoms with Gasteiger partial charge in [-0.05, 0) is 17.7 Å². The minimum absolute atomic E-state index is 0.0414. The molecule has 1 aliphatic rings. The van der Waals surface area contributed by atoms with Gasteiger partial charge in [-0.15, -0.1) is 0 Å². The average molecular weight is 494 g/mol. The van der Waals surface area contributed by atoms with E-state index in [0.717, 1.165) is 22.7 Å². The van der Waals surface area contributed by atoms with E-state index in [4.69, 9.17) is 19.2 Å². The van der Waals surface area contributed by atoms with Crippen LogP contribution in [0, 0.1) is 5.82 Å². The molecule has 0 bridgehead atoms. The second-order valence-electron chi connectivity index (χ2n) is 8.73. The van der Waals surface area contributed by atoms with Crippen molar-refractivity contribution < 1.29 is 23.7 Å². The van der Waals surface area contributed by atoms with Gasteiger partial charge in [0.2, 0.25) is 0 Å². The SMILES string of the molecule is COc1ccc(CN(C)c2cc(Nc3cc(F)cc4c3OCCO4)nc3c(C(C)CO)cnn23)cc1. The fourth-order valence-corrected chi connectivity index (χ4v) is 4.18. The summed E-state index contributed by atoms with van der Waals surface area (Å²) >= 11 is 0. The molecule has 5 rings (SSSR count). The Hall–Kier alpha value is -4.05. The second kappa shape index (κ2) is 9.90. The highest BCUT2D eigenvalue weighted by molar-refractivity contribution is 5.72. The molecule has 3 heterocycles. The van der Waals surface area contributed by atoms with Crippen molar-refractivity contribution in [2.75, 3.05) is 44.2 Å². The van der Waals surface area contributed by atoms with Gasteiger partial charge in [0.05, 0.1) is 19.0 Å². The highest BCUT2D eigenvalue weighted by Crippen LogP contribution is 2.40. The van der Waals surface area contributed by atoms with Gasteiger partial charge < -0.3 is 29.5 Å². The molecule has 0 saturated heterocycles. The van der Waals surface area contributed by atoms with Crippen molar-refractivity contribution >= 4 is 23.0 Å². The number of halogens is 1. The molecule has 0 saturated carbocycles. The number of aliphatic hydroxyl groups excluding tert-OH is 1. The summed E-state index contributed by atoms with van der Waals surface area (Å²) in [6, 6.07) is 12.4. The van der Waals surface area contributed by atoms with Gasteiger partial charge in [-0.2, -0.15) is 9.61 Å². The smallest absolute Gasteiger partial charge is 0.185 e. The van der Waals surface area contributed by atoms with E-state index < -0.39 is 5.82 Å². The molecule has 0 fully saturated rings. The van der Waals surface area contributed by atoms with Gasteiger partial charge in [0.1, 0.15) is 36.4 Å². The maximum atomic E-state index is 14.3. The molecule has 1 atom stereocenters. The van der Waals surface area contributed by atoms with Crippen molar-refractivity contribution in [1.29, 1.82) is 0 Å². The quantitative estimate of drug-likeness (QED) is 0.379. The number of benzene rings is 2. The van der Waals surface area contributed by atoms with Crippen LogP contribution < -0.4 is 24.4 Å². The third-order valence-corrected chi connectivity index (χ3v) is 6.12. The van der Waals surface area contributed by atoms with Crippen molar-refractivity contribution in [1.82, 2.24) is 14.6 Å². The number of methoxy groups -OCH3 is 1. The normalized spacial score (nSPS) is 13.5. The third kappa shape index (κ3) is 4.59. The Labute approximate surface area is 208 Å². The van der Waals surface area contributed by atoms with Gasteiger partial charge in [-0.3, -0.25) is 0 Å². The largest absolute Gasteiger partial charge is 0.497 e. The van der Waals surface area contributed by atoms with Gasteiger partial charge >= 0.3 is 0 Å². The lowest BCUT2D eigenvalue weighted by atomic mass is 10.1. The van der Waals surface area contributed by atoms with Gasteiger partial charge in [0.15, 0.2) is 17.1 Å². The summed E-state index contributed by atoms with van der Waals surface area (Å²) < 4.78 is 32.7. The number of aliphatic hydroxyl groups is 1. The van der Waals surface area contributed by atoms with Gasteiger partial charge in [-0.25, -0.2) is 9.37 Å². The van der Waals surface area contributed by atoms with E-state index in [-0.39, 0.29) is 12.5 Å². The Morgan fingerprint density at radius 1 is 1.19 bits per heavy atom. The maximum absolute atomic E-state index is 14.3. The van der Waals surface area contributed by atoms with E-state index in [9.17, 15) is 9.50 Å². The first-order valence-corrected chi connectivity index (χ1v) is 11.7. The van der Waals surface area contributed by atoms with Crippen molar-refractivity contribution in [3.05, 3.63) is 65.6 Å². The molecule has 9 nitrogen and oxygen atoms in total. The van der Waals surface area contributed by atoms with E-state index in [1.54, 1.807) is 17.8 Å². The van der Waals surface area contributed by atoms with E-state index in [1.165, 1.54) is 12.1 Å². The topological polar surface area (TPSA) is 93.4 Å². The number of nitrogens with zero attached hydrogens (tertiary/aromatic N) is 4. The van der Waals surface area contributed by atoms with Crippen LogP contribution in [0.1, 0.15) is 24.0 Å². The monoisotopic (exact) mass is 493 g/mol. The van der Waals surface area contributed by atoms with Crippen molar-refractivity contribution in [2.24, 2.45) is 0 Å². The first-order valence-electron chi connectivity index (χ1n) is 11.7. The number of anilines is 3. The Bertz CT molecular complexity index is 1380. The number of ether oxygens (including phenoxy) is 3. The Morgan fingerprint density at radius 3 is 2.72 bits per heavy atom. The van der Waals surface area contributed by atoms with Gasteiger partial charge in [-0.1, -0.05) is 19.1 Å². The minimum Gasteiger partial charge on any atom is -0.497 e. The Kier molecular flexibility index (Phi) is 6.51.